The summed E-state index contributed by atoms with van der Waals surface area (Å²) in [6.45, 7) is 0. The lowest BCUT2D eigenvalue weighted by atomic mass is 9.99. The van der Waals surface area contributed by atoms with Crippen LogP contribution in [0.15, 0.2) is 206 Å². The smallest absolute Gasteiger partial charge is 0.0727 e. The molecular formula is C50H34N2S. The van der Waals surface area contributed by atoms with Gasteiger partial charge in [-0.2, -0.15) is 0 Å². The monoisotopic (exact) mass is 694 g/mol. The van der Waals surface area contributed by atoms with Gasteiger partial charge in [0.2, 0.25) is 0 Å². The SMILES string of the molecule is c1ccc(-c2ccc(N(c3cccc(-c4cccc5c4sc4c6ccccc6n(-c6ccccc6)c54)c3)c3ccccc3-c3ccccc3)cc2)cc1. The molecule has 2 nitrogen and oxygen atoms in total. The van der Waals surface area contributed by atoms with E-state index in [1.807, 2.05) is 11.3 Å². The van der Waals surface area contributed by atoms with Crippen molar-refractivity contribution in [1.82, 2.24) is 4.57 Å². The van der Waals surface area contributed by atoms with Gasteiger partial charge in [-0.3, -0.25) is 0 Å². The normalized spacial score (nSPS) is 11.4. The second kappa shape index (κ2) is 13.1. The van der Waals surface area contributed by atoms with E-state index in [1.54, 1.807) is 0 Å². The first kappa shape index (κ1) is 31.1. The molecule has 0 N–H and O–H groups in total. The van der Waals surface area contributed by atoms with Crippen LogP contribution in [0.25, 0.3) is 70.3 Å². The minimum atomic E-state index is 1.11. The van der Waals surface area contributed by atoms with Crippen molar-refractivity contribution in [2.45, 2.75) is 0 Å². The predicted octanol–water partition coefficient (Wildman–Crippen LogP) is 14.5. The Hall–Kier alpha value is -6.68. The van der Waals surface area contributed by atoms with Crippen molar-refractivity contribution in [3.63, 3.8) is 0 Å². The number of rotatable bonds is 7. The van der Waals surface area contributed by atoms with Crippen LogP contribution in [0.2, 0.25) is 0 Å². The largest absolute Gasteiger partial charge is 0.310 e. The molecule has 0 bridgehead atoms. The van der Waals surface area contributed by atoms with E-state index in [0.717, 1.165) is 17.1 Å². The molecule has 2 heterocycles. The lowest BCUT2D eigenvalue weighted by Crippen LogP contribution is -2.11. The maximum atomic E-state index is 2.44. The van der Waals surface area contributed by atoms with Crippen molar-refractivity contribution in [3.8, 4) is 39.1 Å². The summed E-state index contributed by atoms with van der Waals surface area (Å²) in [5.41, 5.74) is 14.2. The third-order valence-corrected chi connectivity index (χ3v) is 11.5. The maximum absolute atomic E-state index is 2.44. The minimum absolute atomic E-state index is 1.11. The highest BCUT2D eigenvalue weighted by atomic mass is 32.1. The molecule has 53 heavy (non-hydrogen) atoms. The van der Waals surface area contributed by atoms with E-state index in [-0.39, 0.29) is 0 Å². The molecule has 10 rings (SSSR count). The van der Waals surface area contributed by atoms with Gasteiger partial charge in [0.1, 0.15) is 0 Å². The molecule has 2 aromatic heterocycles. The highest BCUT2D eigenvalue weighted by Gasteiger charge is 2.21. The Morgan fingerprint density at radius 1 is 0.377 bits per heavy atom. The van der Waals surface area contributed by atoms with E-state index in [9.17, 15) is 0 Å². The van der Waals surface area contributed by atoms with Crippen LogP contribution in [0.5, 0.6) is 0 Å². The third-order valence-electron chi connectivity index (χ3n) is 10.2. The van der Waals surface area contributed by atoms with Crippen molar-refractivity contribution in [3.05, 3.63) is 206 Å². The molecule has 0 saturated carbocycles. The summed E-state index contributed by atoms with van der Waals surface area (Å²) >= 11 is 1.90. The first-order valence-electron chi connectivity index (χ1n) is 18.0. The fourth-order valence-corrected chi connectivity index (χ4v) is 9.12. The Balaban J connectivity index is 1.16. The number of hydrogen-bond donors (Lipinski definition) is 0. The molecule has 250 valence electrons. The van der Waals surface area contributed by atoms with Crippen molar-refractivity contribution in [1.29, 1.82) is 0 Å². The van der Waals surface area contributed by atoms with Gasteiger partial charge in [0.15, 0.2) is 0 Å². The highest BCUT2D eigenvalue weighted by molar-refractivity contribution is 7.27. The topological polar surface area (TPSA) is 8.17 Å². The summed E-state index contributed by atoms with van der Waals surface area (Å²) in [7, 11) is 0. The molecule has 8 aromatic carbocycles. The number of hydrogen-bond acceptors (Lipinski definition) is 2. The number of anilines is 3. The van der Waals surface area contributed by atoms with Gasteiger partial charge in [0, 0.05) is 38.1 Å². The lowest BCUT2D eigenvalue weighted by Gasteiger charge is -2.28. The Labute approximate surface area is 313 Å². The molecule has 0 amide bonds. The fraction of sp³-hybridized carbons (Fsp3) is 0. The molecule has 0 saturated heterocycles. The Morgan fingerprint density at radius 3 is 1.75 bits per heavy atom. The molecule has 3 heteroatoms. The molecule has 0 aliphatic rings. The average Bonchev–Trinajstić information content (AvgIpc) is 3.78. The number of fused-ring (bicyclic) bond motifs is 5. The van der Waals surface area contributed by atoms with Crippen LogP contribution >= 0.6 is 11.3 Å². The van der Waals surface area contributed by atoms with Crippen LogP contribution in [0, 0.1) is 0 Å². The molecule has 0 unspecified atom stereocenters. The van der Waals surface area contributed by atoms with E-state index in [2.05, 4.69) is 216 Å². The van der Waals surface area contributed by atoms with Crippen LogP contribution in [-0.2, 0) is 0 Å². The Kier molecular flexibility index (Phi) is 7.71. The lowest BCUT2D eigenvalue weighted by molar-refractivity contribution is 1.19. The number of aromatic nitrogens is 1. The van der Waals surface area contributed by atoms with Gasteiger partial charge >= 0.3 is 0 Å². The third kappa shape index (κ3) is 5.42. The predicted molar refractivity (Wildman–Crippen MR) is 227 cm³/mol. The summed E-state index contributed by atoms with van der Waals surface area (Å²) in [5, 5.41) is 2.56. The van der Waals surface area contributed by atoms with E-state index in [1.165, 1.54) is 70.3 Å². The second-order valence-corrected chi connectivity index (χ2v) is 14.4. The maximum Gasteiger partial charge on any atom is 0.0727 e. The quantitative estimate of drug-likeness (QED) is 0.161. The Morgan fingerprint density at radius 2 is 0.962 bits per heavy atom. The van der Waals surface area contributed by atoms with Gasteiger partial charge in [-0.15, -0.1) is 11.3 Å². The van der Waals surface area contributed by atoms with E-state index < -0.39 is 0 Å². The van der Waals surface area contributed by atoms with Crippen molar-refractivity contribution >= 4 is 59.6 Å². The standard InChI is InChI=1S/C50H34N2S/c1-4-16-35(17-5-1)36-30-32-40(33-31-36)51(46-28-12-10-24-42(46)37-18-6-2-7-19-37)41-23-14-20-38(34-41)43-26-15-27-45-48-50(53-49(43)45)44-25-11-13-29-47(44)52(48)39-21-8-3-9-22-39/h1-34H. The van der Waals surface area contributed by atoms with Crippen molar-refractivity contribution in [2.75, 3.05) is 4.90 Å². The van der Waals surface area contributed by atoms with Crippen molar-refractivity contribution in [2.24, 2.45) is 0 Å². The average molecular weight is 695 g/mol. The Bertz CT molecular complexity index is 2870. The zero-order valence-corrected chi connectivity index (χ0v) is 29.7. The van der Waals surface area contributed by atoms with Gasteiger partial charge < -0.3 is 9.47 Å². The van der Waals surface area contributed by atoms with E-state index >= 15 is 0 Å². The number of para-hydroxylation sites is 3. The molecule has 0 spiro atoms. The van der Waals surface area contributed by atoms with Crippen LogP contribution in [0.1, 0.15) is 0 Å². The van der Waals surface area contributed by atoms with Gasteiger partial charge in [0.05, 0.1) is 21.4 Å². The molecule has 10 aromatic rings. The molecule has 0 atom stereocenters. The van der Waals surface area contributed by atoms with Crippen LogP contribution < -0.4 is 4.90 Å². The van der Waals surface area contributed by atoms with Crippen LogP contribution in [-0.4, -0.2) is 4.57 Å². The van der Waals surface area contributed by atoms with Crippen LogP contribution in [0.4, 0.5) is 17.1 Å². The second-order valence-electron chi connectivity index (χ2n) is 13.3. The summed E-state index contributed by atoms with van der Waals surface area (Å²) in [6, 6.07) is 74.3. The molecule has 0 aliphatic carbocycles. The summed E-state index contributed by atoms with van der Waals surface area (Å²) < 4.78 is 5.05. The van der Waals surface area contributed by atoms with Crippen LogP contribution in [0.3, 0.4) is 0 Å². The summed E-state index contributed by atoms with van der Waals surface area (Å²) in [6.07, 6.45) is 0. The fourth-order valence-electron chi connectivity index (χ4n) is 7.77. The highest BCUT2D eigenvalue weighted by Crippen LogP contribution is 2.47. The zero-order valence-electron chi connectivity index (χ0n) is 28.9. The molecular weight excluding hydrogens is 661 g/mol. The first-order chi connectivity index (χ1) is 26.3. The van der Waals surface area contributed by atoms with Gasteiger partial charge in [0.25, 0.3) is 0 Å². The zero-order chi connectivity index (χ0) is 35.1. The molecule has 0 fully saturated rings. The van der Waals surface area contributed by atoms with Gasteiger partial charge in [-0.25, -0.2) is 0 Å². The van der Waals surface area contributed by atoms with E-state index in [4.69, 9.17) is 0 Å². The van der Waals surface area contributed by atoms with E-state index in [0.29, 0.717) is 0 Å². The number of benzene rings is 8. The van der Waals surface area contributed by atoms with Crippen molar-refractivity contribution < 1.29 is 0 Å². The van der Waals surface area contributed by atoms with Gasteiger partial charge in [-0.05, 0) is 76.3 Å². The number of nitrogens with zero attached hydrogens (tertiary/aromatic N) is 2. The molecule has 0 radical (unpaired) electrons. The summed E-state index contributed by atoms with van der Waals surface area (Å²) in [4.78, 5) is 2.41. The number of thiophene rings is 1. The first-order valence-corrected chi connectivity index (χ1v) is 18.8. The summed E-state index contributed by atoms with van der Waals surface area (Å²) in [5.74, 6) is 0. The van der Waals surface area contributed by atoms with Gasteiger partial charge in [-0.1, -0.05) is 158 Å². The minimum Gasteiger partial charge on any atom is -0.310 e. The molecule has 0 aliphatic heterocycles.